The fourth-order valence-corrected chi connectivity index (χ4v) is 5.12. The Morgan fingerprint density at radius 2 is 1.81 bits per heavy atom. The van der Waals surface area contributed by atoms with Gasteiger partial charge in [0.1, 0.15) is 0 Å². The molecule has 1 aromatic heterocycles. The van der Waals surface area contributed by atoms with Gasteiger partial charge in [-0.05, 0) is 76.6 Å². The lowest BCUT2D eigenvalue weighted by Crippen LogP contribution is -2.35. The molecule has 2 aromatic rings. The first-order valence-corrected chi connectivity index (χ1v) is 12.8. The van der Waals surface area contributed by atoms with E-state index in [1.807, 2.05) is 32.3 Å². The number of hydrogen-bond acceptors (Lipinski definition) is 3. The predicted octanol–water partition coefficient (Wildman–Crippen LogP) is 7.68. The molecule has 0 aliphatic heterocycles. The SMILES string of the molecule is C=C(Cc1ccc(-c2cc(C(=O)OCC)c(C)n2CC2CCCCC2)cc1C(F)(F)F)NC(C)(C)C. The van der Waals surface area contributed by atoms with Crippen molar-refractivity contribution in [1.82, 2.24) is 9.88 Å². The summed E-state index contributed by atoms with van der Waals surface area (Å²) in [6.07, 6.45) is 1.25. The van der Waals surface area contributed by atoms with Gasteiger partial charge in [-0.1, -0.05) is 38.0 Å². The molecule has 0 atom stereocenters. The standard InChI is InChI=1S/C29H39F3N2O2/c1-7-36-27(35)24-17-26(34(20(24)3)18-21-11-9-8-10-12-21)23-14-13-22(25(16-23)29(30,31)32)15-19(2)33-28(4,5)6/h13-14,16-17,21,33H,2,7-12,15,18H2,1,3-6H3. The zero-order valence-electron chi connectivity index (χ0n) is 22.1. The maximum Gasteiger partial charge on any atom is 0.416 e. The summed E-state index contributed by atoms with van der Waals surface area (Å²) >= 11 is 0. The quantitative estimate of drug-likeness (QED) is 0.375. The van der Waals surface area contributed by atoms with Crippen LogP contribution in [0.4, 0.5) is 13.2 Å². The Labute approximate surface area is 212 Å². The van der Waals surface area contributed by atoms with Gasteiger partial charge in [-0.15, -0.1) is 0 Å². The number of nitrogens with one attached hydrogen (secondary N) is 1. The summed E-state index contributed by atoms with van der Waals surface area (Å²) in [5.74, 6) is -0.0114. The van der Waals surface area contributed by atoms with Crippen LogP contribution in [0.2, 0.25) is 0 Å². The number of alkyl halides is 3. The predicted molar refractivity (Wildman–Crippen MR) is 138 cm³/mol. The van der Waals surface area contributed by atoms with Crippen molar-refractivity contribution >= 4 is 5.97 Å². The molecular weight excluding hydrogens is 465 g/mol. The van der Waals surface area contributed by atoms with Gasteiger partial charge < -0.3 is 14.6 Å². The molecule has 1 aromatic carbocycles. The molecule has 0 spiro atoms. The number of esters is 1. The Hall–Kier alpha value is -2.70. The van der Waals surface area contributed by atoms with Crippen LogP contribution in [0.1, 0.15) is 87.0 Å². The van der Waals surface area contributed by atoms with Gasteiger partial charge in [0.15, 0.2) is 0 Å². The molecule has 4 nitrogen and oxygen atoms in total. The molecule has 1 N–H and O–H groups in total. The Balaban J connectivity index is 2.06. The number of allylic oxidation sites excluding steroid dienone is 1. The van der Waals surface area contributed by atoms with E-state index in [2.05, 4.69) is 11.9 Å². The van der Waals surface area contributed by atoms with Crippen molar-refractivity contribution in [3.63, 3.8) is 0 Å². The number of halogens is 3. The number of ether oxygens (including phenoxy) is 1. The minimum Gasteiger partial charge on any atom is -0.462 e. The summed E-state index contributed by atoms with van der Waals surface area (Å²) in [5, 5.41) is 3.17. The van der Waals surface area contributed by atoms with Crippen LogP contribution >= 0.6 is 0 Å². The highest BCUT2D eigenvalue weighted by Crippen LogP contribution is 2.38. The molecule has 1 fully saturated rings. The average molecular weight is 505 g/mol. The Bertz CT molecular complexity index is 1090. The summed E-state index contributed by atoms with van der Waals surface area (Å²) in [5.41, 5.74) is 1.91. The molecule has 7 heteroatoms. The first-order chi connectivity index (χ1) is 16.8. The molecule has 0 radical (unpaired) electrons. The fourth-order valence-electron chi connectivity index (χ4n) is 5.12. The Kier molecular flexibility index (Phi) is 8.63. The average Bonchev–Trinajstić information content (AvgIpc) is 3.09. The number of benzene rings is 1. The zero-order chi connectivity index (χ0) is 26.7. The van der Waals surface area contributed by atoms with Crippen molar-refractivity contribution in [1.29, 1.82) is 0 Å². The number of aromatic nitrogens is 1. The van der Waals surface area contributed by atoms with Gasteiger partial charge in [-0.25, -0.2) is 4.79 Å². The molecule has 1 aliphatic carbocycles. The van der Waals surface area contributed by atoms with E-state index in [9.17, 15) is 18.0 Å². The zero-order valence-corrected chi connectivity index (χ0v) is 22.1. The molecule has 1 heterocycles. The largest absolute Gasteiger partial charge is 0.462 e. The molecule has 3 rings (SSSR count). The van der Waals surface area contributed by atoms with E-state index in [-0.39, 0.29) is 24.1 Å². The van der Waals surface area contributed by atoms with E-state index in [0.717, 1.165) is 31.4 Å². The number of hydrogen-bond donors (Lipinski definition) is 1. The number of carbonyl (C=O) groups excluding carboxylic acids is 1. The first-order valence-electron chi connectivity index (χ1n) is 12.8. The minimum absolute atomic E-state index is 0.0720. The van der Waals surface area contributed by atoms with Gasteiger partial charge in [0.2, 0.25) is 0 Å². The van der Waals surface area contributed by atoms with Gasteiger partial charge in [0.05, 0.1) is 17.7 Å². The third kappa shape index (κ3) is 6.95. The minimum atomic E-state index is -4.52. The molecule has 1 aliphatic rings. The normalized spacial score (nSPS) is 15.1. The van der Waals surface area contributed by atoms with Crippen LogP contribution < -0.4 is 5.32 Å². The second kappa shape index (κ2) is 11.1. The van der Waals surface area contributed by atoms with Gasteiger partial charge in [-0.3, -0.25) is 0 Å². The summed E-state index contributed by atoms with van der Waals surface area (Å²) in [6.45, 7) is 14.3. The second-order valence-corrected chi connectivity index (χ2v) is 10.9. The van der Waals surface area contributed by atoms with Crippen molar-refractivity contribution in [3.05, 3.63) is 58.9 Å². The van der Waals surface area contributed by atoms with Crippen LogP contribution in [-0.4, -0.2) is 22.7 Å². The summed E-state index contributed by atoms with van der Waals surface area (Å²) in [6, 6.07) is 6.15. The van der Waals surface area contributed by atoms with Gasteiger partial charge in [0, 0.05) is 35.6 Å². The molecule has 0 bridgehead atoms. The van der Waals surface area contributed by atoms with Gasteiger partial charge in [-0.2, -0.15) is 13.2 Å². The molecule has 0 amide bonds. The third-order valence-corrected chi connectivity index (χ3v) is 6.69. The Morgan fingerprint density at radius 1 is 1.14 bits per heavy atom. The molecule has 1 saturated carbocycles. The van der Waals surface area contributed by atoms with Crippen LogP contribution in [0.15, 0.2) is 36.5 Å². The lowest BCUT2D eigenvalue weighted by Gasteiger charge is -2.25. The molecule has 0 unspecified atom stereocenters. The van der Waals surface area contributed by atoms with E-state index in [0.29, 0.717) is 35.0 Å². The summed E-state index contributed by atoms with van der Waals surface area (Å²) in [4.78, 5) is 12.6. The van der Waals surface area contributed by atoms with Crippen molar-refractivity contribution < 1.29 is 22.7 Å². The summed E-state index contributed by atoms with van der Waals surface area (Å²) in [7, 11) is 0. The van der Waals surface area contributed by atoms with Crippen molar-refractivity contribution in [2.24, 2.45) is 5.92 Å². The third-order valence-electron chi connectivity index (χ3n) is 6.69. The van der Waals surface area contributed by atoms with E-state index in [1.54, 1.807) is 19.1 Å². The molecule has 0 saturated heterocycles. The highest BCUT2D eigenvalue weighted by molar-refractivity contribution is 5.92. The van der Waals surface area contributed by atoms with Crippen LogP contribution in [0.3, 0.4) is 0 Å². The maximum absolute atomic E-state index is 14.2. The molecule has 36 heavy (non-hydrogen) atoms. The van der Waals surface area contributed by atoms with Gasteiger partial charge in [0.25, 0.3) is 0 Å². The monoisotopic (exact) mass is 504 g/mol. The van der Waals surface area contributed by atoms with Crippen LogP contribution in [0, 0.1) is 12.8 Å². The van der Waals surface area contributed by atoms with E-state index in [1.165, 1.54) is 18.6 Å². The topological polar surface area (TPSA) is 43.3 Å². The second-order valence-electron chi connectivity index (χ2n) is 10.9. The summed E-state index contributed by atoms with van der Waals surface area (Å²) < 4.78 is 49.8. The van der Waals surface area contributed by atoms with Crippen molar-refractivity contribution in [3.8, 4) is 11.3 Å². The molecule has 198 valence electrons. The van der Waals surface area contributed by atoms with E-state index < -0.39 is 17.7 Å². The Morgan fingerprint density at radius 3 is 2.39 bits per heavy atom. The maximum atomic E-state index is 14.2. The van der Waals surface area contributed by atoms with Crippen LogP contribution in [0.25, 0.3) is 11.3 Å². The molecular formula is C29H39F3N2O2. The van der Waals surface area contributed by atoms with Crippen LogP contribution in [0.5, 0.6) is 0 Å². The number of rotatable bonds is 8. The highest BCUT2D eigenvalue weighted by Gasteiger charge is 2.34. The smallest absolute Gasteiger partial charge is 0.416 e. The van der Waals surface area contributed by atoms with E-state index >= 15 is 0 Å². The van der Waals surface area contributed by atoms with E-state index in [4.69, 9.17) is 4.74 Å². The number of carbonyl (C=O) groups is 1. The lowest BCUT2D eigenvalue weighted by molar-refractivity contribution is -0.138. The lowest BCUT2D eigenvalue weighted by atomic mass is 9.89. The first kappa shape index (κ1) is 27.9. The van der Waals surface area contributed by atoms with Crippen molar-refractivity contribution in [2.45, 2.75) is 91.4 Å². The van der Waals surface area contributed by atoms with Crippen LogP contribution in [-0.2, 0) is 23.9 Å². The highest BCUT2D eigenvalue weighted by atomic mass is 19.4. The number of nitrogens with zero attached hydrogens (tertiary/aromatic N) is 1. The fraction of sp³-hybridized carbons (Fsp3) is 0.552. The van der Waals surface area contributed by atoms with Crippen molar-refractivity contribution in [2.75, 3.05) is 6.61 Å². The van der Waals surface area contributed by atoms with Gasteiger partial charge >= 0.3 is 12.1 Å².